The average Bonchev–Trinajstić information content (AvgIpc) is 3.30. The molecule has 3 aliphatic heterocycles. The molecule has 0 fully saturated rings. The molecular weight excluding hydrogens is 324 g/mol. The molecule has 4 heteroatoms. The van der Waals surface area contributed by atoms with Crippen LogP contribution in [0.3, 0.4) is 0 Å². The van der Waals surface area contributed by atoms with E-state index in [2.05, 4.69) is 37.3 Å². The number of aliphatic imine (C=N–C) groups is 1. The van der Waals surface area contributed by atoms with Crippen LogP contribution >= 0.6 is 0 Å². The van der Waals surface area contributed by atoms with Crippen LogP contribution in [0.5, 0.6) is 11.5 Å². The van der Waals surface area contributed by atoms with Crippen molar-refractivity contribution in [2.24, 2.45) is 10.7 Å². The Kier molecular flexibility index (Phi) is 3.49. The zero-order valence-electron chi connectivity index (χ0n) is 15.1. The zero-order chi connectivity index (χ0) is 17.7. The van der Waals surface area contributed by atoms with E-state index in [1.807, 2.05) is 6.07 Å². The Hall–Kier alpha value is -2.49. The predicted octanol–water partition coefficient (Wildman–Crippen LogP) is 4.25. The first-order chi connectivity index (χ1) is 12.7. The van der Waals surface area contributed by atoms with Gasteiger partial charge in [-0.05, 0) is 36.1 Å². The molecule has 5 rings (SSSR count). The van der Waals surface area contributed by atoms with Crippen LogP contribution in [0.2, 0.25) is 0 Å². The molecule has 0 aromatic heterocycles. The predicted molar refractivity (Wildman–Crippen MR) is 103 cm³/mol. The molecule has 2 aromatic carbocycles. The highest BCUT2D eigenvalue weighted by Gasteiger charge is 2.56. The molecule has 0 saturated carbocycles. The topological polar surface area (TPSA) is 56.8 Å². The largest absolute Gasteiger partial charge is 0.493 e. The van der Waals surface area contributed by atoms with E-state index in [4.69, 9.17) is 20.2 Å². The molecule has 26 heavy (non-hydrogen) atoms. The molecule has 2 unspecified atom stereocenters. The summed E-state index contributed by atoms with van der Waals surface area (Å²) in [5.41, 5.74) is 10.7. The second kappa shape index (κ2) is 5.76. The van der Waals surface area contributed by atoms with Crippen molar-refractivity contribution >= 4 is 11.5 Å². The summed E-state index contributed by atoms with van der Waals surface area (Å²) in [6, 6.07) is 12.6. The lowest BCUT2D eigenvalue weighted by Crippen LogP contribution is -2.48. The van der Waals surface area contributed by atoms with Gasteiger partial charge in [0.15, 0.2) is 0 Å². The van der Waals surface area contributed by atoms with Crippen molar-refractivity contribution in [2.45, 2.75) is 50.5 Å². The van der Waals surface area contributed by atoms with Gasteiger partial charge in [0.2, 0.25) is 0 Å². The van der Waals surface area contributed by atoms with Gasteiger partial charge in [-0.1, -0.05) is 38.0 Å². The van der Waals surface area contributed by atoms with Gasteiger partial charge < -0.3 is 15.2 Å². The quantitative estimate of drug-likeness (QED) is 0.840. The normalized spacial score (nSPS) is 24.7. The first kappa shape index (κ1) is 15.7. The van der Waals surface area contributed by atoms with E-state index in [0.29, 0.717) is 5.84 Å². The number of benzene rings is 2. The maximum Gasteiger partial charge on any atom is 0.128 e. The van der Waals surface area contributed by atoms with Crippen LogP contribution in [0, 0.1) is 0 Å². The van der Waals surface area contributed by atoms with Gasteiger partial charge in [0.1, 0.15) is 28.9 Å². The minimum atomic E-state index is -0.461. The fourth-order valence-electron chi connectivity index (χ4n) is 4.76. The number of rotatable bonds is 4. The van der Waals surface area contributed by atoms with E-state index in [9.17, 15) is 0 Å². The maximum absolute atomic E-state index is 6.62. The third-order valence-corrected chi connectivity index (χ3v) is 6.01. The Morgan fingerprint density at radius 3 is 2.92 bits per heavy atom. The lowest BCUT2D eigenvalue weighted by Gasteiger charge is -2.31. The number of para-hydroxylation sites is 1. The zero-order valence-corrected chi connectivity index (χ0v) is 15.1. The number of nitrogens with zero attached hydrogens (tertiary/aromatic N) is 1. The molecule has 0 aliphatic carbocycles. The van der Waals surface area contributed by atoms with E-state index in [1.54, 1.807) is 0 Å². The van der Waals surface area contributed by atoms with Crippen molar-refractivity contribution in [1.29, 1.82) is 0 Å². The smallest absolute Gasteiger partial charge is 0.128 e. The van der Waals surface area contributed by atoms with Gasteiger partial charge in [-0.15, -0.1) is 0 Å². The monoisotopic (exact) mass is 348 g/mol. The Balaban J connectivity index is 1.69. The standard InChI is InChI=1S/C22H24N2O2/c1-2-3-4-9-20-22(15-7-5-6-8-17(15)24-21(22)23)16-12-14-10-11-25-18(14)13-19(16)26-20/h5-8,12-13,20H,2-4,9-11H2,1H3,(H2,23,24). The summed E-state index contributed by atoms with van der Waals surface area (Å²) >= 11 is 0. The van der Waals surface area contributed by atoms with Gasteiger partial charge in [-0.3, -0.25) is 0 Å². The highest BCUT2D eigenvalue weighted by Crippen LogP contribution is 2.56. The maximum atomic E-state index is 6.62. The second-order valence-corrected chi connectivity index (χ2v) is 7.48. The third-order valence-electron chi connectivity index (χ3n) is 6.01. The highest BCUT2D eigenvalue weighted by molar-refractivity contribution is 6.04. The molecule has 1 spiro atoms. The Morgan fingerprint density at radius 1 is 1.15 bits per heavy atom. The van der Waals surface area contributed by atoms with E-state index in [0.717, 1.165) is 48.6 Å². The van der Waals surface area contributed by atoms with Crippen LogP contribution in [0.1, 0.15) is 49.3 Å². The lowest BCUT2D eigenvalue weighted by molar-refractivity contribution is 0.182. The molecule has 0 bridgehead atoms. The van der Waals surface area contributed by atoms with Crippen molar-refractivity contribution in [3.8, 4) is 11.5 Å². The van der Waals surface area contributed by atoms with Crippen LogP contribution in [-0.2, 0) is 11.8 Å². The van der Waals surface area contributed by atoms with E-state index in [1.165, 1.54) is 24.0 Å². The van der Waals surface area contributed by atoms with E-state index < -0.39 is 5.41 Å². The third kappa shape index (κ3) is 1.99. The fourth-order valence-corrected chi connectivity index (χ4v) is 4.76. The Labute approximate surface area is 154 Å². The number of unbranched alkanes of at least 4 members (excludes halogenated alkanes) is 2. The summed E-state index contributed by atoms with van der Waals surface area (Å²) in [7, 11) is 0. The van der Waals surface area contributed by atoms with Gasteiger partial charge in [0.05, 0.1) is 12.3 Å². The van der Waals surface area contributed by atoms with Crippen molar-refractivity contribution in [2.75, 3.05) is 6.61 Å². The molecule has 0 saturated heterocycles. The number of fused-ring (bicyclic) bond motifs is 5. The van der Waals surface area contributed by atoms with Gasteiger partial charge in [0.25, 0.3) is 0 Å². The number of nitrogens with two attached hydrogens (primary N) is 1. The number of hydrogen-bond acceptors (Lipinski definition) is 4. The molecule has 2 aromatic rings. The number of ether oxygens (including phenoxy) is 2. The van der Waals surface area contributed by atoms with Crippen LogP contribution in [0.4, 0.5) is 5.69 Å². The van der Waals surface area contributed by atoms with Gasteiger partial charge in [-0.25, -0.2) is 4.99 Å². The molecule has 0 radical (unpaired) electrons. The van der Waals surface area contributed by atoms with Gasteiger partial charge >= 0.3 is 0 Å². The Bertz CT molecular complexity index is 905. The fraction of sp³-hybridized carbons (Fsp3) is 0.409. The van der Waals surface area contributed by atoms with Gasteiger partial charge in [0, 0.05) is 18.1 Å². The van der Waals surface area contributed by atoms with Crippen LogP contribution in [0.15, 0.2) is 41.4 Å². The van der Waals surface area contributed by atoms with E-state index >= 15 is 0 Å². The van der Waals surface area contributed by atoms with Crippen molar-refractivity contribution in [3.63, 3.8) is 0 Å². The molecule has 0 amide bonds. The van der Waals surface area contributed by atoms with Crippen LogP contribution in [0.25, 0.3) is 0 Å². The number of hydrogen-bond donors (Lipinski definition) is 1. The molecule has 3 heterocycles. The molecule has 4 nitrogen and oxygen atoms in total. The minimum absolute atomic E-state index is 0.0148. The summed E-state index contributed by atoms with van der Waals surface area (Å²) in [6.45, 7) is 2.97. The summed E-state index contributed by atoms with van der Waals surface area (Å²) in [5.74, 6) is 2.52. The molecule has 2 N–H and O–H groups in total. The summed E-state index contributed by atoms with van der Waals surface area (Å²) in [5, 5.41) is 0. The lowest BCUT2D eigenvalue weighted by atomic mass is 9.70. The van der Waals surface area contributed by atoms with E-state index in [-0.39, 0.29) is 6.10 Å². The molecule has 3 aliphatic rings. The SMILES string of the molecule is CCCCCC1Oc2cc3c(cc2C12C(N)=Nc1ccccc12)CCO3. The van der Waals surface area contributed by atoms with Crippen LogP contribution < -0.4 is 15.2 Å². The van der Waals surface area contributed by atoms with Crippen LogP contribution in [-0.4, -0.2) is 18.5 Å². The summed E-state index contributed by atoms with van der Waals surface area (Å²) < 4.78 is 12.3. The summed E-state index contributed by atoms with van der Waals surface area (Å²) in [6.07, 6.45) is 5.41. The molecule has 134 valence electrons. The summed E-state index contributed by atoms with van der Waals surface area (Å²) in [4.78, 5) is 4.74. The first-order valence-electron chi connectivity index (χ1n) is 9.66. The van der Waals surface area contributed by atoms with Crippen molar-refractivity contribution < 1.29 is 9.47 Å². The highest BCUT2D eigenvalue weighted by atomic mass is 16.5. The van der Waals surface area contributed by atoms with Crippen molar-refractivity contribution in [3.05, 3.63) is 53.1 Å². The molecular formula is C22H24N2O2. The second-order valence-electron chi connectivity index (χ2n) is 7.48. The average molecular weight is 348 g/mol. The number of amidine groups is 1. The minimum Gasteiger partial charge on any atom is -0.493 e. The van der Waals surface area contributed by atoms with Gasteiger partial charge in [-0.2, -0.15) is 0 Å². The Morgan fingerprint density at radius 2 is 2.04 bits per heavy atom. The first-order valence-corrected chi connectivity index (χ1v) is 9.66. The van der Waals surface area contributed by atoms with Crippen molar-refractivity contribution in [1.82, 2.24) is 0 Å². The molecule has 2 atom stereocenters.